The SMILES string of the molecule is O=C(Nc1n[nH]c2ccc([N+](=O)[O-])cc12)c1csc(C2CCN(C(=O)Cc3c[nH]c4ccccc34)CC2)n1. The normalized spacial score (nSPS) is 14.3. The monoisotopic (exact) mass is 529 g/mol. The number of likely N-dealkylation sites (tertiary alicyclic amines) is 1. The molecule has 3 N–H and O–H groups in total. The number of benzene rings is 2. The van der Waals surface area contributed by atoms with E-state index in [1.807, 2.05) is 35.4 Å². The van der Waals surface area contributed by atoms with Gasteiger partial charge in [-0.1, -0.05) is 18.2 Å². The molecule has 2 aromatic carbocycles. The second-order valence-corrected chi connectivity index (χ2v) is 10.2. The summed E-state index contributed by atoms with van der Waals surface area (Å²) in [4.78, 5) is 46.1. The number of para-hydroxylation sites is 1. The Balaban J connectivity index is 1.07. The van der Waals surface area contributed by atoms with E-state index in [9.17, 15) is 19.7 Å². The summed E-state index contributed by atoms with van der Waals surface area (Å²) in [5.74, 6) is 0.0652. The fourth-order valence-corrected chi connectivity index (χ4v) is 5.86. The third kappa shape index (κ3) is 4.50. The van der Waals surface area contributed by atoms with Crippen LogP contribution in [0, 0.1) is 10.1 Å². The molecule has 4 heterocycles. The van der Waals surface area contributed by atoms with Gasteiger partial charge in [0, 0.05) is 53.6 Å². The summed E-state index contributed by atoms with van der Waals surface area (Å²) in [6.07, 6.45) is 3.83. The molecule has 0 saturated carbocycles. The molecule has 0 radical (unpaired) electrons. The number of nitrogens with one attached hydrogen (secondary N) is 3. The second kappa shape index (κ2) is 9.71. The van der Waals surface area contributed by atoms with E-state index in [1.54, 1.807) is 11.4 Å². The zero-order valence-electron chi connectivity index (χ0n) is 20.1. The van der Waals surface area contributed by atoms with Gasteiger partial charge in [-0.2, -0.15) is 5.10 Å². The minimum absolute atomic E-state index is 0.0865. The summed E-state index contributed by atoms with van der Waals surface area (Å²) in [5, 5.41) is 24.8. The van der Waals surface area contributed by atoms with Gasteiger partial charge in [-0.3, -0.25) is 24.8 Å². The Kier molecular flexibility index (Phi) is 6.08. The molecule has 0 unspecified atom stereocenters. The number of fused-ring (bicyclic) bond motifs is 2. The van der Waals surface area contributed by atoms with Gasteiger partial charge in [0.15, 0.2) is 5.82 Å². The van der Waals surface area contributed by atoms with E-state index in [2.05, 4.69) is 25.5 Å². The van der Waals surface area contributed by atoms with Crippen molar-refractivity contribution in [1.29, 1.82) is 0 Å². The van der Waals surface area contributed by atoms with Crippen molar-refractivity contribution in [2.75, 3.05) is 18.4 Å². The van der Waals surface area contributed by atoms with Crippen LogP contribution >= 0.6 is 11.3 Å². The Labute approximate surface area is 220 Å². The average molecular weight is 530 g/mol. The summed E-state index contributed by atoms with van der Waals surface area (Å²) in [5.41, 5.74) is 2.79. The first-order chi connectivity index (χ1) is 18.5. The highest BCUT2D eigenvalue weighted by molar-refractivity contribution is 7.10. The lowest BCUT2D eigenvalue weighted by atomic mass is 9.97. The maximum atomic E-state index is 12.9. The number of H-pyrrole nitrogens is 2. The number of anilines is 1. The minimum Gasteiger partial charge on any atom is -0.361 e. The minimum atomic E-state index is -0.494. The van der Waals surface area contributed by atoms with Crippen molar-refractivity contribution in [3.63, 3.8) is 0 Å². The number of thiazole rings is 1. The van der Waals surface area contributed by atoms with Gasteiger partial charge in [-0.05, 0) is 30.5 Å². The number of nitrogens with zero attached hydrogens (tertiary/aromatic N) is 4. The van der Waals surface area contributed by atoms with Gasteiger partial charge in [0.25, 0.3) is 11.6 Å². The van der Waals surface area contributed by atoms with Crippen LogP contribution in [0.3, 0.4) is 0 Å². The number of aromatic nitrogens is 4. The molecule has 1 fully saturated rings. The van der Waals surface area contributed by atoms with Crippen LogP contribution in [0.5, 0.6) is 0 Å². The first-order valence-corrected chi connectivity index (χ1v) is 13.1. The molecule has 3 aromatic heterocycles. The van der Waals surface area contributed by atoms with Crippen LogP contribution in [0.15, 0.2) is 54.0 Å². The summed E-state index contributed by atoms with van der Waals surface area (Å²) in [6.45, 7) is 1.29. The molecule has 5 aromatic rings. The Morgan fingerprint density at radius 2 is 1.95 bits per heavy atom. The standard InChI is InChI=1S/C26H23N7O4S/c34-23(11-16-13-27-20-4-2-1-3-18(16)20)32-9-7-15(8-10-32)26-28-22(14-38-26)25(35)29-24-19-12-17(33(36)37)5-6-21(19)30-31-24/h1-6,12-15,27H,7-11H2,(H2,29,30,31,35). The van der Waals surface area contributed by atoms with E-state index in [0.717, 1.165) is 34.3 Å². The maximum Gasteiger partial charge on any atom is 0.276 e. The van der Waals surface area contributed by atoms with Gasteiger partial charge in [0.2, 0.25) is 5.91 Å². The Morgan fingerprint density at radius 1 is 1.13 bits per heavy atom. The van der Waals surface area contributed by atoms with Crippen LogP contribution in [-0.4, -0.2) is 54.9 Å². The lowest BCUT2D eigenvalue weighted by molar-refractivity contribution is -0.384. The molecule has 192 valence electrons. The second-order valence-electron chi connectivity index (χ2n) is 9.28. The Hall–Kier alpha value is -4.58. The molecule has 1 saturated heterocycles. The van der Waals surface area contributed by atoms with Crippen molar-refractivity contribution < 1.29 is 14.5 Å². The van der Waals surface area contributed by atoms with Crippen LogP contribution in [0.2, 0.25) is 0 Å². The number of carbonyl (C=O) groups excluding carboxylic acids is 2. The van der Waals surface area contributed by atoms with E-state index in [0.29, 0.717) is 30.4 Å². The van der Waals surface area contributed by atoms with E-state index >= 15 is 0 Å². The number of rotatable bonds is 6. The number of non-ortho nitro benzene ring substituents is 1. The predicted molar refractivity (Wildman–Crippen MR) is 143 cm³/mol. The van der Waals surface area contributed by atoms with Crippen LogP contribution in [-0.2, 0) is 11.2 Å². The van der Waals surface area contributed by atoms with E-state index < -0.39 is 10.8 Å². The van der Waals surface area contributed by atoms with Crippen molar-refractivity contribution in [2.45, 2.75) is 25.2 Å². The molecule has 0 atom stereocenters. The van der Waals surface area contributed by atoms with Crippen LogP contribution in [0.25, 0.3) is 21.8 Å². The number of aromatic amines is 2. The predicted octanol–water partition coefficient (Wildman–Crippen LogP) is 4.61. The first-order valence-electron chi connectivity index (χ1n) is 12.2. The lowest BCUT2D eigenvalue weighted by Crippen LogP contribution is -2.38. The molecule has 11 nitrogen and oxygen atoms in total. The molecule has 0 bridgehead atoms. The number of hydrogen-bond acceptors (Lipinski definition) is 7. The summed E-state index contributed by atoms with van der Waals surface area (Å²) in [7, 11) is 0. The molecular formula is C26H23N7O4S. The highest BCUT2D eigenvalue weighted by atomic mass is 32.1. The van der Waals surface area contributed by atoms with E-state index in [4.69, 9.17) is 0 Å². The zero-order chi connectivity index (χ0) is 26.2. The van der Waals surface area contributed by atoms with Crippen molar-refractivity contribution in [2.24, 2.45) is 0 Å². The topological polar surface area (TPSA) is 150 Å². The Bertz CT molecular complexity index is 1680. The summed E-state index contributed by atoms with van der Waals surface area (Å²) >= 11 is 1.42. The number of hydrogen-bond donors (Lipinski definition) is 3. The molecule has 38 heavy (non-hydrogen) atoms. The van der Waals surface area contributed by atoms with Gasteiger partial charge in [0.1, 0.15) is 5.69 Å². The summed E-state index contributed by atoms with van der Waals surface area (Å²) in [6, 6.07) is 12.3. The largest absolute Gasteiger partial charge is 0.361 e. The highest BCUT2D eigenvalue weighted by Crippen LogP contribution is 2.31. The van der Waals surface area contributed by atoms with Crippen LogP contribution < -0.4 is 5.32 Å². The van der Waals surface area contributed by atoms with Crippen molar-refractivity contribution in [3.05, 3.63) is 80.4 Å². The van der Waals surface area contributed by atoms with Crippen molar-refractivity contribution >= 4 is 56.5 Å². The van der Waals surface area contributed by atoms with Gasteiger partial charge in [0.05, 0.1) is 27.3 Å². The molecular weight excluding hydrogens is 506 g/mol. The van der Waals surface area contributed by atoms with E-state index in [1.165, 1.54) is 23.5 Å². The summed E-state index contributed by atoms with van der Waals surface area (Å²) < 4.78 is 0. The maximum absolute atomic E-state index is 12.9. The van der Waals surface area contributed by atoms with Crippen LogP contribution in [0.4, 0.5) is 11.5 Å². The van der Waals surface area contributed by atoms with Gasteiger partial charge < -0.3 is 15.2 Å². The fourth-order valence-electron chi connectivity index (χ4n) is 4.89. The lowest BCUT2D eigenvalue weighted by Gasteiger charge is -2.31. The molecule has 12 heteroatoms. The zero-order valence-corrected chi connectivity index (χ0v) is 21.0. The Morgan fingerprint density at radius 3 is 2.76 bits per heavy atom. The number of amides is 2. The molecule has 0 aliphatic carbocycles. The number of carbonyl (C=O) groups is 2. The number of nitro benzene ring substituents is 1. The fraction of sp³-hybridized carbons (Fsp3) is 0.231. The molecule has 1 aliphatic heterocycles. The molecule has 6 rings (SSSR count). The number of nitro groups is 1. The van der Waals surface area contributed by atoms with Gasteiger partial charge in [-0.25, -0.2) is 4.98 Å². The van der Waals surface area contributed by atoms with Crippen molar-refractivity contribution in [1.82, 2.24) is 25.1 Å². The van der Waals surface area contributed by atoms with Gasteiger partial charge >= 0.3 is 0 Å². The third-order valence-corrected chi connectivity index (χ3v) is 7.96. The van der Waals surface area contributed by atoms with Gasteiger partial charge in [-0.15, -0.1) is 11.3 Å². The van der Waals surface area contributed by atoms with Crippen molar-refractivity contribution in [3.8, 4) is 0 Å². The highest BCUT2D eigenvalue weighted by Gasteiger charge is 2.27. The third-order valence-electron chi connectivity index (χ3n) is 6.96. The quantitative estimate of drug-likeness (QED) is 0.216. The first kappa shape index (κ1) is 23.8. The molecule has 1 aliphatic rings. The van der Waals surface area contributed by atoms with E-state index in [-0.39, 0.29) is 29.0 Å². The number of piperidine rings is 1. The molecule has 2 amide bonds. The molecule has 0 spiro atoms. The smallest absolute Gasteiger partial charge is 0.276 e. The van der Waals surface area contributed by atoms with Crippen LogP contribution in [0.1, 0.15) is 39.8 Å². The average Bonchev–Trinajstić information content (AvgIpc) is 3.68.